The summed E-state index contributed by atoms with van der Waals surface area (Å²) in [5, 5.41) is 6.65. The molecule has 0 bridgehead atoms. The van der Waals surface area contributed by atoms with Gasteiger partial charge in [0.1, 0.15) is 5.82 Å². The first-order chi connectivity index (χ1) is 11.5. The van der Waals surface area contributed by atoms with Crippen molar-refractivity contribution in [3.05, 3.63) is 35.6 Å². The fourth-order valence-electron chi connectivity index (χ4n) is 2.73. The number of ether oxygens (including phenoxy) is 1. The van der Waals surface area contributed by atoms with Gasteiger partial charge in [0.2, 0.25) is 0 Å². The predicted octanol–water partition coefficient (Wildman–Crippen LogP) is 2.61. The van der Waals surface area contributed by atoms with Crippen LogP contribution in [0, 0.1) is 5.82 Å². The van der Waals surface area contributed by atoms with E-state index < -0.39 is 0 Å². The van der Waals surface area contributed by atoms with E-state index >= 15 is 0 Å². The summed E-state index contributed by atoms with van der Waals surface area (Å²) in [6.07, 6.45) is 0. The molecule has 0 aliphatic carbocycles. The third kappa shape index (κ3) is 7.45. The molecular weight excluding hydrogens is 434 g/mol. The van der Waals surface area contributed by atoms with E-state index in [1.54, 1.807) is 6.07 Å². The number of hydrogen-bond donors (Lipinski definition) is 2. The van der Waals surface area contributed by atoms with Gasteiger partial charge in [-0.15, -0.1) is 24.0 Å². The molecule has 1 fully saturated rings. The van der Waals surface area contributed by atoms with Gasteiger partial charge in [0.15, 0.2) is 5.96 Å². The van der Waals surface area contributed by atoms with Crippen LogP contribution in [0.4, 0.5) is 4.39 Å². The van der Waals surface area contributed by atoms with Gasteiger partial charge in [0.05, 0.1) is 19.8 Å². The second-order valence-corrected chi connectivity index (χ2v) is 6.59. The van der Waals surface area contributed by atoms with Crippen molar-refractivity contribution >= 4 is 29.9 Å². The summed E-state index contributed by atoms with van der Waals surface area (Å²) in [7, 11) is 0. The molecule has 1 saturated heterocycles. The van der Waals surface area contributed by atoms with Crippen molar-refractivity contribution in [2.45, 2.75) is 32.9 Å². The Morgan fingerprint density at radius 2 is 2.00 bits per heavy atom. The Balaban J connectivity index is 0.00000312. The number of aliphatic imine (C=N–C) groups is 1. The minimum absolute atomic E-state index is 0. The fraction of sp³-hybridized carbons (Fsp3) is 0.611. The fourth-order valence-corrected chi connectivity index (χ4v) is 2.73. The molecule has 0 atom stereocenters. The molecular formula is C18H30FIN4O. The maximum Gasteiger partial charge on any atom is 0.191 e. The molecule has 1 aromatic rings. The highest BCUT2D eigenvalue weighted by molar-refractivity contribution is 14.0. The van der Waals surface area contributed by atoms with Crippen molar-refractivity contribution in [1.82, 2.24) is 15.5 Å². The van der Waals surface area contributed by atoms with E-state index in [2.05, 4.69) is 34.4 Å². The Morgan fingerprint density at radius 3 is 2.64 bits per heavy atom. The number of halogens is 2. The maximum atomic E-state index is 13.3. The third-order valence-electron chi connectivity index (χ3n) is 4.21. The topological polar surface area (TPSA) is 48.9 Å². The highest BCUT2D eigenvalue weighted by atomic mass is 127. The molecule has 5 nitrogen and oxygen atoms in total. The number of guanidine groups is 1. The van der Waals surface area contributed by atoms with Crippen LogP contribution in [0.1, 0.15) is 26.3 Å². The summed E-state index contributed by atoms with van der Waals surface area (Å²) < 4.78 is 18.7. The van der Waals surface area contributed by atoms with Crippen molar-refractivity contribution in [2.75, 3.05) is 39.4 Å². The molecule has 0 amide bonds. The average molecular weight is 464 g/mol. The van der Waals surface area contributed by atoms with E-state index in [0.717, 1.165) is 50.9 Å². The molecule has 1 aliphatic rings. The highest BCUT2D eigenvalue weighted by Gasteiger charge is 2.28. The summed E-state index contributed by atoms with van der Waals surface area (Å²) in [5.74, 6) is 0.525. The second-order valence-electron chi connectivity index (χ2n) is 6.59. The highest BCUT2D eigenvalue weighted by Crippen LogP contribution is 2.15. The Morgan fingerprint density at radius 1 is 1.28 bits per heavy atom. The van der Waals surface area contributed by atoms with Crippen LogP contribution in [0.25, 0.3) is 0 Å². The number of rotatable bonds is 6. The van der Waals surface area contributed by atoms with Gasteiger partial charge in [0.25, 0.3) is 0 Å². The van der Waals surface area contributed by atoms with E-state index in [1.807, 2.05) is 13.0 Å². The van der Waals surface area contributed by atoms with Crippen LogP contribution in [0.5, 0.6) is 0 Å². The molecule has 25 heavy (non-hydrogen) atoms. The standard InChI is InChI=1S/C18H29FN4O.HI/c1-4-20-17(21-13-15-6-5-7-16(19)12-15)22-14-18(2,3)23-8-10-24-11-9-23;/h5-7,12H,4,8-11,13-14H2,1-3H3,(H2,20,21,22);1H. The summed E-state index contributed by atoms with van der Waals surface area (Å²) in [5.41, 5.74) is 0.874. The zero-order valence-electron chi connectivity index (χ0n) is 15.3. The monoisotopic (exact) mass is 464 g/mol. The molecule has 0 radical (unpaired) electrons. The molecule has 0 spiro atoms. The minimum atomic E-state index is -0.228. The van der Waals surface area contributed by atoms with Crippen LogP contribution in [-0.4, -0.2) is 55.8 Å². The maximum absolute atomic E-state index is 13.3. The van der Waals surface area contributed by atoms with Crippen LogP contribution < -0.4 is 10.6 Å². The zero-order valence-corrected chi connectivity index (χ0v) is 17.7. The normalized spacial score (nSPS) is 16.2. The van der Waals surface area contributed by atoms with E-state index in [4.69, 9.17) is 4.74 Å². The van der Waals surface area contributed by atoms with Gasteiger partial charge in [-0.2, -0.15) is 0 Å². The Bertz CT molecular complexity index is 548. The molecule has 2 N–H and O–H groups in total. The second kappa shape index (κ2) is 10.9. The number of nitrogens with one attached hydrogen (secondary N) is 2. The van der Waals surface area contributed by atoms with Gasteiger partial charge in [0, 0.05) is 31.7 Å². The number of morpholine rings is 1. The van der Waals surface area contributed by atoms with Gasteiger partial charge in [-0.3, -0.25) is 4.90 Å². The van der Waals surface area contributed by atoms with E-state index in [9.17, 15) is 4.39 Å². The molecule has 0 saturated carbocycles. The molecule has 1 heterocycles. The lowest BCUT2D eigenvalue weighted by atomic mass is 10.0. The molecule has 0 unspecified atom stereocenters. The summed E-state index contributed by atoms with van der Waals surface area (Å²) >= 11 is 0. The number of benzene rings is 1. The van der Waals surface area contributed by atoms with Crippen molar-refractivity contribution in [1.29, 1.82) is 0 Å². The Labute approximate surface area is 167 Å². The molecule has 2 rings (SSSR count). The lowest BCUT2D eigenvalue weighted by molar-refractivity contribution is -0.00834. The lowest BCUT2D eigenvalue weighted by Gasteiger charge is -2.41. The molecule has 7 heteroatoms. The summed E-state index contributed by atoms with van der Waals surface area (Å²) in [6, 6.07) is 6.56. The van der Waals surface area contributed by atoms with Crippen LogP contribution in [0.3, 0.4) is 0 Å². The molecule has 142 valence electrons. The van der Waals surface area contributed by atoms with Crippen LogP contribution >= 0.6 is 24.0 Å². The van der Waals surface area contributed by atoms with Gasteiger partial charge >= 0.3 is 0 Å². The van der Waals surface area contributed by atoms with Gasteiger partial charge in [-0.25, -0.2) is 9.38 Å². The minimum Gasteiger partial charge on any atom is -0.379 e. The number of hydrogen-bond acceptors (Lipinski definition) is 3. The van der Waals surface area contributed by atoms with Gasteiger partial charge in [-0.05, 0) is 38.5 Å². The van der Waals surface area contributed by atoms with E-state index in [-0.39, 0.29) is 35.3 Å². The van der Waals surface area contributed by atoms with Crippen molar-refractivity contribution < 1.29 is 9.13 Å². The van der Waals surface area contributed by atoms with Crippen LogP contribution in [-0.2, 0) is 11.3 Å². The zero-order chi connectivity index (χ0) is 17.4. The SMILES string of the molecule is CCNC(=NCc1cccc(F)c1)NCC(C)(C)N1CCOCC1.I. The van der Waals surface area contributed by atoms with E-state index in [1.165, 1.54) is 12.1 Å². The average Bonchev–Trinajstić information content (AvgIpc) is 2.58. The van der Waals surface area contributed by atoms with Crippen LogP contribution in [0.15, 0.2) is 29.3 Å². The molecule has 1 aliphatic heterocycles. The van der Waals surface area contributed by atoms with Gasteiger partial charge in [-0.1, -0.05) is 12.1 Å². The first-order valence-corrected chi connectivity index (χ1v) is 8.60. The number of nitrogens with zero attached hydrogens (tertiary/aromatic N) is 2. The Kier molecular flexibility index (Phi) is 9.66. The Hall–Kier alpha value is -0.930. The van der Waals surface area contributed by atoms with E-state index in [0.29, 0.717) is 6.54 Å². The third-order valence-corrected chi connectivity index (χ3v) is 4.21. The smallest absolute Gasteiger partial charge is 0.191 e. The predicted molar refractivity (Wildman–Crippen MR) is 111 cm³/mol. The van der Waals surface area contributed by atoms with Gasteiger partial charge < -0.3 is 15.4 Å². The van der Waals surface area contributed by atoms with Crippen molar-refractivity contribution in [2.24, 2.45) is 4.99 Å². The first kappa shape index (κ1) is 22.1. The molecule has 1 aromatic carbocycles. The largest absolute Gasteiger partial charge is 0.379 e. The summed E-state index contributed by atoms with van der Waals surface area (Å²) in [6.45, 7) is 12.0. The summed E-state index contributed by atoms with van der Waals surface area (Å²) in [4.78, 5) is 6.99. The van der Waals surface area contributed by atoms with Crippen LogP contribution in [0.2, 0.25) is 0 Å². The van der Waals surface area contributed by atoms with Crippen molar-refractivity contribution in [3.63, 3.8) is 0 Å². The first-order valence-electron chi connectivity index (χ1n) is 8.60. The van der Waals surface area contributed by atoms with Crippen molar-refractivity contribution in [3.8, 4) is 0 Å². The molecule has 0 aromatic heterocycles. The lowest BCUT2D eigenvalue weighted by Crippen LogP contribution is -2.56. The quantitative estimate of drug-likeness (QED) is 0.386.